The van der Waals surface area contributed by atoms with Gasteiger partial charge in [0.1, 0.15) is 0 Å². The maximum atomic E-state index is 8.82. The fraction of sp³-hybridized carbons (Fsp3) is 0. The van der Waals surface area contributed by atoms with E-state index in [-0.39, 0.29) is 0 Å². The van der Waals surface area contributed by atoms with E-state index in [0.717, 1.165) is 9.92 Å². The van der Waals surface area contributed by atoms with Crippen LogP contribution in [-0.2, 0) is 0 Å². The van der Waals surface area contributed by atoms with E-state index in [9.17, 15) is 0 Å². The predicted molar refractivity (Wildman–Crippen MR) is 61.0 cm³/mol. The molecule has 15 heavy (non-hydrogen) atoms. The molecule has 0 saturated heterocycles. The van der Waals surface area contributed by atoms with E-state index >= 15 is 0 Å². The molecular formula is C11H7ClN2S. The van der Waals surface area contributed by atoms with E-state index in [2.05, 4.69) is 6.19 Å². The van der Waals surface area contributed by atoms with Crippen LogP contribution in [0.2, 0.25) is 5.02 Å². The number of nitriles is 1. The lowest BCUT2D eigenvalue weighted by molar-refractivity contribution is 0.975. The Hall–Kier alpha value is -1.37. The summed E-state index contributed by atoms with van der Waals surface area (Å²) in [4.78, 5) is 0.953. The summed E-state index contributed by atoms with van der Waals surface area (Å²) in [5.74, 6) is 0. The van der Waals surface area contributed by atoms with Crippen LogP contribution in [0, 0.1) is 11.5 Å². The van der Waals surface area contributed by atoms with Crippen molar-refractivity contribution >= 4 is 23.4 Å². The van der Waals surface area contributed by atoms with E-state index < -0.39 is 0 Å². The lowest BCUT2D eigenvalue weighted by Crippen LogP contribution is -1.86. The van der Waals surface area contributed by atoms with Crippen LogP contribution in [0.4, 0.5) is 0 Å². The molecule has 0 unspecified atom stereocenters. The fourth-order valence-corrected chi connectivity index (χ4v) is 2.31. The molecule has 0 aliphatic heterocycles. The van der Waals surface area contributed by atoms with Crippen LogP contribution in [0.25, 0.3) is 0 Å². The molecule has 0 N–H and O–H groups in total. The minimum atomic E-state index is 0.702. The van der Waals surface area contributed by atoms with E-state index in [1.54, 1.807) is 6.20 Å². The van der Waals surface area contributed by atoms with Crippen molar-refractivity contribution < 1.29 is 0 Å². The van der Waals surface area contributed by atoms with Gasteiger partial charge in [0.25, 0.3) is 0 Å². The molecule has 0 bridgehead atoms. The Morgan fingerprint density at radius 1 is 1.20 bits per heavy atom. The second-order valence-corrected chi connectivity index (χ2v) is 4.32. The number of hydrogen-bond acceptors (Lipinski definition) is 2. The summed E-state index contributed by atoms with van der Waals surface area (Å²) in [6.07, 6.45) is 3.79. The van der Waals surface area contributed by atoms with Crippen LogP contribution < -0.4 is 0 Å². The first-order valence-electron chi connectivity index (χ1n) is 4.31. The van der Waals surface area contributed by atoms with Crippen molar-refractivity contribution in [2.45, 2.75) is 9.92 Å². The summed E-state index contributed by atoms with van der Waals surface area (Å²) in [7, 11) is 0. The smallest absolute Gasteiger partial charge is 0.189 e. The van der Waals surface area contributed by atoms with Gasteiger partial charge < -0.3 is 0 Å². The second kappa shape index (κ2) is 4.43. The highest BCUT2D eigenvalue weighted by molar-refractivity contribution is 7.99. The normalized spacial score (nSPS) is 9.87. The van der Waals surface area contributed by atoms with Crippen molar-refractivity contribution in [2.75, 3.05) is 0 Å². The van der Waals surface area contributed by atoms with Gasteiger partial charge in [-0.05, 0) is 24.3 Å². The van der Waals surface area contributed by atoms with Crippen LogP contribution in [0.15, 0.2) is 52.5 Å². The number of rotatable bonds is 2. The summed E-state index contributed by atoms with van der Waals surface area (Å²) in [6.45, 7) is 0. The summed E-state index contributed by atoms with van der Waals surface area (Å²) < 4.78 is 1.51. The summed E-state index contributed by atoms with van der Waals surface area (Å²) >= 11 is 7.50. The second-order valence-electron chi connectivity index (χ2n) is 2.85. The average molecular weight is 235 g/mol. The molecule has 4 heteroatoms. The molecular weight excluding hydrogens is 228 g/mol. The molecule has 0 atom stereocenters. The van der Waals surface area contributed by atoms with Gasteiger partial charge in [-0.15, -0.1) is 0 Å². The molecule has 0 aliphatic rings. The van der Waals surface area contributed by atoms with Gasteiger partial charge in [0.05, 0.1) is 10.0 Å². The lowest BCUT2D eigenvalue weighted by atomic mass is 10.4. The first kappa shape index (κ1) is 10.2. The Morgan fingerprint density at radius 3 is 2.73 bits per heavy atom. The highest BCUT2D eigenvalue weighted by Crippen LogP contribution is 2.32. The van der Waals surface area contributed by atoms with Crippen LogP contribution in [0.3, 0.4) is 0 Å². The zero-order chi connectivity index (χ0) is 10.7. The van der Waals surface area contributed by atoms with Gasteiger partial charge in [0.2, 0.25) is 0 Å². The van der Waals surface area contributed by atoms with Crippen LogP contribution >= 0.6 is 23.4 Å². The van der Waals surface area contributed by atoms with E-state index in [1.807, 2.05) is 36.4 Å². The summed E-state index contributed by atoms with van der Waals surface area (Å²) in [5, 5.41) is 10.4. The minimum Gasteiger partial charge on any atom is -0.249 e. The van der Waals surface area contributed by atoms with Crippen LogP contribution in [0.1, 0.15) is 0 Å². The number of nitrogens with zero attached hydrogens (tertiary/aromatic N) is 2. The zero-order valence-corrected chi connectivity index (χ0v) is 9.29. The average Bonchev–Trinajstić information content (AvgIpc) is 2.69. The maximum absolute atomic E-state index is 8.82. The third kappa shape index (κ3) is 2.17. The Morgan fingerprint density at radius 2 is 2.00 bits per heavy atom. The molecule has 2 nitrogen and oxygen atoms in total. The van der Waals surface area contributed by atoms with E-state index in [4.69, 9.17) is 16.9 Å². The SMILES string of the molecule is N#Cn1cccc1Sc1ccccc1Cl. The molecule has 1 aromatic heterocycles. The van der Waals surface area contributed by atoms with E-state index in [0.29, 0.717) is 5.02 Å². The molecule has 1 heterocycles. The topological polar surface area (TPSA) is 28.7 Å². The molecule has 0 spiro atoms. The van der Waals surface area contributed by atoms with Crippen molar-refractivity contribution in [3.63, 3.8) is 0 Å². The van der Waals surface area contributed by atoms with Crippen molar-refractivity contribution in [1.29, 1.82) is 5.26 Å². The van der Waals surface area contributed by atoms with Gasteiger partial charge in [-0.1, -0.05) is 35.5 Å². The molecule has 1 aromatic carbocycles. The van der Waals surface area contributed by atoms with Gasteiger partial charge in [-0.2, -0.15) is 5.26 Å². The van der Waals surface area contributed by atoms with Gasteiger partial charge >= 0.3 is 0 Å². The summed E-state index contributed by atoms with van der Waals surface area (Å²) in [6, 6.07) is 11.3. The molecule has 74 valence electrons. The molecule has 0 saturated carbocycles. The third-order valence-corrected chi connectivity index (χ3v) is 3.43. The van der Waals surface area contributed by atoms with Crippen molar-refractivity contribution in [3.8, 4) is 6.19 Å². The highest BCUT2D eigenvalue weighted by Gasteiger charge is 2.05. The van der Waals surface area contributed by atoms with Crippen molar-refractivity contribution in [1.82, 2.24) is 4.57 Å². The summed E-state index contributed by atoms with van der Waals surface area (Å²) in [5.41, 5.74) is 0. The molecule has 0 aliphatic carbocycles. The number of hydrogen-bond donors (Lipinski definition) is 0. The quantitative estimate of drug-likeness (QED) is 0.794. The van der Waals surface area contributed by atoms with Gasteiger partial charge in [0.15, 0.2) is 6.19 Å². The maximum Gasteiger partial charge on any atom is 0.189 e. The predicted octanol–water partition coefficient (Wildman–Crippen LogP) is 3.62. The van der Waals surface area contributed by atoms with E-state index in [1.165, 1.54) is 16.3 Å². The fourth-order valence-electron chi connectivity index (χ4n) is 1.17. The lowest BCUT2D eigenvalue weighted by Gasteiger charge is -2.02. The first-order valence-corrected chi connectivity index (χ1v) is 5.50. The molecule has 0 fully saturated rings. The molecule has 0 amide bonds. The van der Waals surface area contributed by atoms with Gasteiger partial charge in [-0.25, -0.2) is 4.57 Å². The molecule has 0 radical (unpaired) electrons. The Balaban J connectivity index is 2.31. The highest BCUT2D eigenvalue weighted by atomic mass is 35.5. The Labute approximate surface area is 97.1 Å². The van der Waals surface area contributed by atoms with Gasteiger partial charge in [-0.3, -0.25) is 0 Å². The van der Waals surface area contributed by atoms with Crippen LogP contribution in [0.5, 0.6) is 0 Å². The zero-order valence-electron chi connectivity index (χ0n) is 7.72. The van der Waals surface area contributed by atoms with Crippen molar-refractivity contribution in [2.24, 2.45) is 0 Å². The Bertz CT molecular complexity index is 513. The molecule has 2 rings (SSSR count). The monoisotopic (exact) mass is 234 g/mol. The standard InChI is InChI=1S/C11H7ClN2S/c12-9-4-1-2-5-10(9)15-11-6-3-7-14(11)8-13/h1-7H. The Kier molecular flexibility index (Phi) is 3.00. The molecule has 2 aromatic rings. The number of benzene rings is 1. The minimum absolute atomic E-state index is 0.702. The number of aromatic nitrogens is 1. The van der Waals surface area contributed by atoms with Crippen LogP contribution in [-0.4, -0.2) is 4.57 Å². The van der Waals surface area contributed by atoms with Gasteiger partial charge in [0, 0.05) is 11.1 Å². The first-order chi connectivity index (χ1) is 7.31. The largest absolute Gasteiger partial charge is 0.249 e. The van der Waals surface area contributed by atoms with Crippen molar-refractivity contribution in [3.05, 3.63) is 47.6 Å². The third-order valence-electron chi connectivity index (χ3n) is 1.87. The number of halogens is 1.